The van der Waals surface area contributed by atoms with Gasteiger partial charge in [-0.05, 0) is 38.8 Å². The Kier molecular flexibility index (Phi) is 5.11. The fourth-order valence-corrected chi connectivity index (χ4v) is 3.20. The largest absolute Gasteiger partial charge is 0.462 e. The van der Waals surface area contributed by atoms with Crippen molar-refractivity contribution in [3.05, 3.63) is 52.7 Å². The Labute approximate surface area is 146 Å². The number of allylic oxidation sites excluding steroid dienone is 1. The molecular weight excluding hydrogens is 320 g/mol. The summed E-state index contributed by atoms with van der Waals surface area (Å²) in [7, 11) is 0. The van der Waals surface area contributed by atoms with Gasteiger partial charge in [0, 0.05) is 11.3 Å². The Bertz CT molecular complexity index is 777. The molecule has 0 spiro atoms. The normalized spacial score (nSPS) is 20.2. The molecule has 1 amide bonds. The van der Waals surface area contributed by atoms with E-state index in [-0.39, 0.29) is 17.8 Å². The van der Waals surface area contributed by atoms with Crippen molar-refractivity contribution < 1.29 is 19.1 Å². The number of carbonyl (C=O) groups is 3. The van der Waals surface area contributed by atoms with E-state index in [1.165, 1.54) is 6.92 Å². The molecule has 0 saturated heterocycles. The van der Waals surface area contributed by atoms with E-state index in [1.54, 1.807) is 20.8 Å². The van der Waals surface area contributed by atoms with Crippen LogP contribution in [0.15, 0.2) is 47.2 Å². The number of carbonyl (C=O) groups excluding carboxylic acids is 3. The number of hydrogen-bond donors (Lipinski definition) is 2. The van der Waals surface area contributed by atoms with E-state index in [4.69, 9.17) is 10.5 Å². The lowest BCUT2D eigenvalue weighted by molar-refractivity contribution is -0.138. The summed E-state index contributed by atoms with van der Waals surface area (Å²) in [6, 6.07) is 9.24. The summed E-state index contributed by atoms with van der Waals surface area (Å²) in [5, 5.41) is 2.94. The predicted molar refractivity (Wildman–Crippen MR) is 94.1 cm³/mol. The van der Waals surface area contributed by atoms with Crippen LogP contribution in [-0.4, -0.2) is 29.8 Å². The van der Waals surface area contributed by atoms with Crippen molar-refractivity contribution >= 4 is 23.2 Å². The molecule has 0 unspecified atom stereocenters. The third-order valence-electron chi connectivity index (χ3n) is 4.38. The lowest BCUT2D eigenvalue weighted by Crippen LogP contribution is -2.62. The number of Topliss-reactive ketones (excluding diaryl/α,β-unsaturated/α-hetero) is 1. The van der Waals surface area contributed by atoms with Crippen molar-refractivity contribution in [2.24, 2.45) is 5.73 Å². The second-order valence-electron chi connectivity index (χ2n) is 5.88. The SMILES string of the molecule is CCOC(=O)C1=C(C)[C@@](C(C)=O)(C(N)=O)NC(C)=C1c1ccccc1. The molecule has 1 heterocycles. The Morgan fingerprint density at radius 2 is 1.76 bits per heavy atom. The molecule has 1 aromatic rings. The maximum absolute atomic E-state index is 12.7. The lowest BCUT2D eigenvalue weighted by atomic mass is 9.76. The molecule has 0 saturated carbocycles. The Morgan fingerprint density at radius 1 is 1.16 bits per heavy atom. The fraction of sp³-hybridized carbons (Fsp3) is 0.316. The van der Waals surface area contributed by atoms with Crippen LogP contribution in [0, 0.1) is 0 Å². The van der Waals surface area contributed by atoms with Gasteiger partial charge in [-0.1, -0.05) is 30.3 Å². The first-order valence-corrected chi connectivity index (χ1v) is 8.01. The van der Waals surface area contributed by atoms with Crippen LogP contribution >= 0.6 is 0 Å². The fourth-order valence-electron chi connectivity index (χ4n) is 3.20. The number of ketones is 1. The highest BCUT2D eigenvalue weighted by Gasteiger charge is 2.49. The molecule has 0 bridgehead atoms. The molecular formula is C19H22N2O4. The maximum Gasteiger partial charge on any atom is 0.338 e. The average Bonchev–Trinajstić information content (AvgIpc) is 2.56. The Balaban J connectivity index is 2.81. The topological polar surface area (TPSA) is 98.5 Å². The first-order chi connectivity index (χ1) is 11.8. The second kappa shape index (κ2) is 6.93. The van der Waals surface area contributed by atoms with Gasteiger partial charge in [-0.25, -0.2) is 4.79 Å². The highest BCUT2D eigenvalue weighted by atomic mass is 16.5. The minimum absolute atomic E-state index is 0.174. The third-order valence-corrected chi connectivity index (χ3v) is 4.38. The highest BCUT2D eigenvalue weighted by Crippen LogP contribution is 2.38. The van der Waals surface area contributed by atoms with E-state index in [9.17, 15) is 14.4 Å². The van der Waals surface area contributed by atoms with Crippen molar-refractivity contribution in [3.63, 3.8) is 0 Å². The molecule has 25 heavy (non-hydrogen) atoms. The smallest absolute Gasteiger partial charge is 0.338 e. The standard InChI is InChI=1S/C19H22N2O4/c1-5-25-17(23)15-11(2)19(13(4)22,18(20)24)21-12(3)16(15)14-9-7-6-8-10-14/h6-10,21H,5H2,1-4H3,(H2,20,24)/t19-/m1/s1. The van der Waals surface area contributed by atoms with Crippen LogP contribution in [0.5, 0.6) is 0 Å². The highest BCUT2D eigenvalue weighted by molar-refractivity contribution is 6.18. The minimum Gasteiger partial charge on any atom is -0.462 e. The van der Waals surface area contributed by atoms with Crippen LogP contribution < -0.4 is 11.1 Å². The van der Waals surface area contributed by atoms with Gasteiger partial charge in [-0.3, -0.25) is 9.59 Å². The van der Waals surface area contributed by atoms with Crippen molar-refractivity contribution in [1.82, 2.24) is 5.32 Å². The number of primary amides is 1. The second-order valence-corrected chi connectivity index (χ2v) is 5.88. The van der Waals surface area contributed by atoms with Gasteiger partial charge in [0.05, 0.1) is 12.2 Å². The number of benzene rings is 1. The average molecular weight is 342 g/mol. The molecule has 1 aromatic carbocycles. The summed E-state index contributed by atoms with van der Waals surface area (Å²) in [6.07, 6.45) is 0. The number of nitrogens with one attached hydrogen (secondary N) is 1. The number of hydrogen-bond acceptors (Lipinski definition) is 5. The maximum atomic E-state index is 12.7. The molecule has 3 N–H and O–H groups in total. The predicted octanol–water partition coefficient (Wildman–Crippen LogP) is 1.71. The molecule has 0 fully saturated rings. The molecule has 0 radical (unpaired) electrons. The van der Waals surface area contributed by atoms with Crippen molar-refractivity contribution in [3.8, 4) is 0 Å². The minimum atomic E-state index is -1.76. The quantitative estimate of drug-likeness (QED) is 0.627. The molecule has 0 aromatic heterocycles. The molecule has 0 aliphatic carbocycles. The summed E-state index contributed by atoms with van der Waals surface area (Å²) in [5.74, 6) is -1.93. The molecule has 6 heteroatoms. The van der Waals surface area contributed by atoms with Crippen LogP contribution in [0.3, 0.4) is 0 Å². The van der Waals surface area contributed by atoms with E-state index in [0.717, 1.165) is 5.56 Å². The summed E-state index contributed by atoms with van der Waals surface area (Å²) in [4.78, 5) is 37.2. The third kappa shape index (κ3) is 2.95. The van der Waals surface area contributed by atoms with Gasteiger partial charge >= 0.3 is 5.97 Å². The zero-order valence-electron chi connectivity index (χ0n) is 14.8. The summed E-state index contributed by atoms with van der Waals surface area (Å²) < 4.78 is 5.18. The van der Waals surface area contributed by atoms with E-state index < -0.39 is 23.2 Å². The van der Waals surface area contributed by atoms with Gasteiger partial charge in [0.15, 0.2) is 11.3 Å². The van der Waals surface area contributed by atoms with Gasteiger partial charge < -0.3 is 15.8 Å². The number of esters is 1. The van der Waals surface area contributed by atoms with Gasteiger partial charge in [-0.15, -0.1) is 0 Å². The summed E-state index contributed by atoms with van der Waals surface area (Å²) in [6.45, 7) is 6.40. The zero-order valence-corrected chi connectivity index (χ0v) is 14.8. The van der Waals surface area contributed by atoms with Crippen LogP contribution in [-0.2, 0) is 19.1 Å². The number of dihydropyridines is 1. The molecule has 2 rings (SSSR count). The monoisotopic (exact) mass is 342 g/mol. The zero-order chi connectivity index (χ0) is 18.8. The van der Waals surface area contributed by atoms with Crippen LogP contribution in [0.4, 0.5) is 0 Å². The molecule has 1 aliphatic rings. The Hall–Kier alpha value is -2.89. The van der Waals surface area contributed by atoms with Crippen molar-refractivity contribution in [2.75, 3.05) is 6.61 Å². The number of amides is 1. The van der Waals surface area contributed by atoms with Crippen LogP contribution in [0.25, 0.3) is 5.57 Å². The number of rotatable bonds is 5. The van der Waals surface area contributed by atoms with E-state index in [0.29, 0.717) is 11.3 Å². The number of ether oxygens (including phenoxy) is 1. The van der Waals surface area contributed by atoms with Crippen LogP contribution in [0.1, 0.15) is 33.3 Å². The van der Waals surface area contributed by atoms with E-state index >= 15 is 0 Å². The summed E-state index contributed by atoms with van der Waals surface area (Å²) in [5.41, 5.74) is 6.10. The van der Waals surface area contributed by atoms with Gasteiger partial charge in [0.1, 0.15) is 0 Å². The van der Waals surface area contributed by atoms with E-state index in [1.807, 2.05) is 30.3 Å². The van der Waals surface area contributed by atoms with Crippen LogP contribution in [0.2, 0.25) is 0 Å². The van der Waals surface area contributed by atoms with Crippen molar-refractivity contribution in [2.45, 2.75) is 33.2 Å². The first kappa shape index (κ1) is 18.4. The molecule has 1 aliphatic heterocycles. The van der Waals surface area contributed by atoms with Gasteiger partial charge in [-0.2, -0.15) is 0 Å². The molecule has 1 atom stereocenters. The Morgan fingerprint density at radius 3 is 2.24 bits per heavy atom. The molecule has 6 nitrogen and oxygen atoms in total. The number of nitrogens with two attached hydrogens (primary N) is 1. The molecule has 132 valence electrons. The lowest BCUT2D eigenvalue weighted by Gasteiger charge is -2.38. The first-order valence-electron chi connectivity index (χ1n) is 8.01. The van der Waals surface area contributed by atoms with Gasteiger partial charge in [0.25, 0.3) is 5.91 Å². The van der Waals surface area contributed by atoms with Crippen molar-refractivity contribution in [1.29, 1.82) is 0 Å². The summed E-state index contributed by atoms with van der Waals surface area (Å²) >= 11 is 0. The van der Waals surface area contributed by atoms with Gasteiger partial charge in [0.2, 0.25) is 0 Å². The van der Waals surface area contributed by atoms with E-state index in [2.05, 4.69) is 5.32 Å².